The molecule has 3 N–H and O–H groups in total. The van der Waals surface area contributed by atoms with Crippen molar-refractivity contribution >= 4 is 11.9 Å². The molecule has 1 rings (SSSR count). The summed E-state index contributed by atoms with van der Waals surface area (Å²) >= 11 is 0. The highest BCUT2D eigenvalue weighted by atomic mass is 16.4. The summed E-state index contributed by atoms with van der Waals surface area (Å²) < 4.78 is 0. The second kappa shape index (κ2) is 6.30. The van der Waals surface area contributed by atoms with Crippen molar-refractivity contribution in [2.45, 2.75) is 26.7 Å². The van der Waals surface area contributed by atoms with Crippen LogP contribution in [0.4, 0.5) is 5.95 Å². The van der Waals surface area contributed by atoms with Crippen molar-refractivity contribution < 1.29 is 15.0 Å². The van der Waals surface area contributed by atoms with Crippen LogP contribution in [0.1, 0.15) is 37.2 Å². The normalized spacial score (nSPS) is 11.3. The van der Waals surface area contributed by atoms with Gasteiger partial charge in [0.25, 0.3) is 0 Å². The lowest BCUT2D eigenvalue weighted by Crippen LogP contribution is -2.24. The maximum absolute atomic E-state index is 10.7. The number of nitrogens with one attached hydrogen (secondary N) is 1. The van der Waals surface area contributed by atoms with Crippen LogP contribution in [0.15, 0.2) is 12.3 Å². The lowest BCUT2D eigenvalue weighted by molar-refractivity contribution is 0.0690. The predicted octanol–water partition coefficient (Wildman–Crippen LogP) is 1.39. The lowest BCUT2D eigenvalue weighted by Gasteiger charge is -2.24. The van der Waals surface area contributed by atoms with E-state index in [2.05, 4.69) is 29.1 Å². The number of carboxylic acids is 1. The molecule has 1 heterocycles. The number of hydrogen-bond acceptors (Lipinski definition) is 5. The third kappa shape index (κ3) is 4.67. The van der Waals surface area contributed by atoms with Crippen LogP contribution in [-0.2, 0) is 0 Å². The van der Waals surface area contributed by atoms with E-state index in [1.165, 1.54) is 12.3 Å². The Morgan fingerprint density at radius 1 is 1.50 bits per heavy atom. The summed E-state index contributed by atoms with van der Waals surface area (Å²) in [5, 5.41) is 20.6. The minimum atomic E-state index is -1.07. The second-order valence-electron chi connectivity index (χ2n) is 4.92. The van der Waals surface area contributed by atoms with E-state index in [1.807, 2.05) is 0 Å². The summed E-state index contributed by atoms with van der Waals surface area (Å²) in [6.45, 7) is 4.93. The Bertz CT molecular complexity index is 407. The van der Waals surface area contributed by atoms with E-state index < -0.39 is 5.97 Å². The fourth-order valence-electron chi connectivity index (χ4n) is 1.53. The van der Waals surface area contributed by atoms with Crippen molar-refractivity contribution in [2.75, 3.05) is 18.5 Å². The summed E-state index contributed by atoms with van der Waals surface area (Å²) in [5.41, 5.74) is -0.0358. The summed E-state index contributed by atoms with van der Waals surface area (Å²) in [6, 6.07) is 1.35. The lowest BCUT2D eigenvalue weighted by atomic mass is 9.88. The molecule has 0 unspecified atom stereocenters. The van der Waals surface area contributed by atoms with Crippen LogP contribution in [0.5, 0.6) is 0 Å². The third-order valence-corrected chi connectivity index (χ3v) is 2.61. The summed E-state index contributed by atoms with van der Waals surface area (Å²) in [5.74, 6) is -0.757. The van der Waals surface area contributed by atoms with Crippen LogP contribution in [0, 0.1) is 5.41 Å². The zero-order valence-corrected chi connectivity index (χ0v) is 10.7. The van der Waals surface area contributed by atoms with Crippen molar-refractivity contribution in [1.82, 2.24) is 9.97 Å². The van der Waals surface area contributed by atoms with Gasteiger partial charge in [-0.3, -0.25) is 0 Å². The summed E-state index contributed by atoms with van der Waals surface area (Å²) in [6.07, 6.45) is 3.03. The molecule has 0 aliphatic rings. The molecule has 1 aromatic heterocycles. The van der Waals surface area contributed by atoms with Gasteiger partial charge in [0.15, 0.2) is 5.69 Å². The molecule has 100 valence electrons. The zero-order valence-electron chi connectivity index (χ0n) is 10.7. The highest BCUT2D eigenvalue weighted by molar-refractivity contribution is 5.85. The molecule has 18 heavy (non-hydrogen) atoms. The third-order valence-electron chi connectivity index (χ3n) is 2.61. The van der Waals surface area contributed by atoms with Crippen LogP contribution in [0.25, 0.3) is 0 Å². The molecule has 6 nitrogen and oxygen atoms in total. The van der Waals surface area contributed by atoms with Crippen LogP contribution in [0.3, 0.4) is 0 Å². The van der Waals surface area contributed by atoms with Gasteiger partial charge in [0.2, 0.25) is 5.95 Å². The maximum atomic E-state index is 10.7. The molecular formula is C12H19N3O3. The van der Waals surface area contributed by atoms with E-state index in [0.29, 0.717) is 12.5 Å². The van der Waals surface area contributed by atoms with E-state index in [4.69, 9.17) is 10.2 Å². The Morgan fingerprint density at radius 2 is 2.22 bits per heavy atom. The summed E-state index contributed by atoms with van der Waals surface area (Å²) in [4.78, 5) is 18.6. The number of anilines is 1. The number of carbonyl (C=O) groups is 1. The number of carboxylic acid groups (broad SMARTS) is 1. The van der Waals surface area contributed by atoms with Gasteiger partial charge in [-0.2, -0.15) is 0 Å². The Balaban J connectivity index is 2.57. The first kappa shape index (κ1) is 14.4. The standard InChI is InChI=1S/C12H19N3O3/c1-12(2,5-3-7-16)8-14-11-13-6-4-9(15-11)10(17)18/h4,6,16H,3,5,7-8H2,1-2H3,(H,17,18)(H,13,14,15). The average Bonchev–Trinajstić information content (AvgIpc) is 2.34. The quantitative estimate of drug-likeness (QED) is 0.679. The number of nitrogens with zero attached hydrogens (tertiary/aromatic N) is 2. The monoisotopic (exact) mass is 253 g/mol. The molecule has 1 aromatic rings. The molecule has 0 atom stereocenters. The number of aromatic carboxylic acids is 1. The molecule has 0 saturated heterocycles. The molecule has 0 bridgehead atoms. The van der Waals surface area contributed by atoms with Gasteiger partial charge in [-0.1, -0.05) is 13.8 Å². The number of aromatic nitrogens is 2. The Labute approximate surface area is 106 Å². The average molecular weight is 253 g/mol. The predicted molar refractivity (Wildman–Crippen MR) is 67.6 cm³/mol. The molecule has 6 heteroatoms. The minimum absolute atomic E-state index is 0.00861. The second-order valence-corrected chi connectivity index (χ2v) is 4.92. The topological polar surface area (TPSA) is 95.3 Å². The van der Waals surface area contributed by atoms with Gasteiger partial charge in [0, 0.05) is 19.3 Å². The summed E-state index contributed by atoms with van der Waals surface area (Å²) in [7, 11) is 0. The number of aliphatic hydroxyl groups excluding tert-OH is 1. The van der Waals surface area contributed by atoms with Gasteiger partial charge in [0.1, 0.15) is 0 Å². The molecule has 0 spiro atoms. The fourth-order valence-corrected chi connectivity index (χ4v) is 1.53. The van der Waals surface area contributed by atoms with E-state index >= 15 is 0 Å². The first-order chi connectivity index (χ1) is 8.44. The van der Waals surface area contributed by atoms with Crippen LogP contribution in [-0.4, -0.2) is 39.3 Å². The van der Waals surface area contributed by atoms with Crippen molar-refractivity contribution in [3.05, 3.63) is 18.0 Å². The van der Waals surface area contributed by atoms with E-state index in [1.54, 1.807) is 0 Å². The number of aliphatic hydroxyl groups is 1. The number of hydrogen-bond donors (Lipinski definition) is 3. The molecule has 0 aromatic carbocycles. The maximum Gasteiger partial charge on any atom is 0.354 e. The van der Waals surface area contributed by atoms with Crippen LogP contribution in [0.2, 0.25) is 0 Å². The van der Waals surface area contributed by atoms with Crippen LogP contribution >= 0.6 is 0 Å². The van der Waals surface area contributed by atoms with Gasteiger partial charge < -0.3 is 15.5 Å². The molecule has 0 saturated carbocycles. The molecule has 0 radical (unpaired) electrons. The Hall–Kier alpha value is -1.69. The van der Waals surface area contributed by atoms with Gasteiger partial charge in [-0.15, -0.1) is 0 Å². The number of rotatable bonds is 7. The van der Waals surface area contributed by atoms with Crippen molar-refractivity contribution in [1.29, 1.82) is 0 Å². The molecule has 0 fully saturated rings. The smallest absolute Gasteiger partial charge is 0.354 e. The highest BCUT2D eigenvalue weighted by Crippen LogP contribution is 2.22. The van der Waals surface area contributed by atoms with E-state index in [9.17, 15) is 4.79 Å². The van der Waals surface area contributed by atoms with Gasteiger partial charge in [-0.25, -0.2) is 14.8 Å². The first-order valence-electron chi connectivity index (χ1n) is 5.86. The van der Waals surface area contributed by atoms with Crippen molar-refractivity contribution in [3.63, 3.8) is 0 Å². The van der Waals surface area contributed by atoms with E-state index in [0.717, 1.165) is 12.8 Å². The molecule has 0 aliphatic carbocycles. The minimum Gasteiger partial charge on any atom is -0.477 e. The van der Waals surface area contributed by atoms with Gasteiger partial charge in [-0.05, 0) is 24.3 Å². The largest absolute Gasteiger partial charge is 0.477 e. The Kier molecular flexibility index (Phi) is 5.03. The van der Waals surface area contributed by atoms with E-state index in [-0.39, 0.29) is 17.7 Å². The van der Waals surface area contributed by atoms with Crippen molar-refractivity contribution in [3.8, 4) is 0 Å². The fraction of sp³-hybridized carbons (Fsp3) is 0.583. The molecule has 0 amide bonds. The molecular weight excluding hydrogens is 234 g/mol. The van der Waals surface area contributed by atoms with Crippen LogP contribution < -0.4 is 5.32 Å². The van der Waals surface area contributed by atoms with Crippen molar-refractivity contribution in [2.24, 2.45) is 5.41 Å². The van der Waals surface area contributed by atoms with Gasteiger partial charge in [0.05, 0.1) is 0 Å². The van der Waals surface area contributed by atoms with Gasteiger partial charge >= 0.3 is 5.97 Å². The molecule has 0 aliphatic heterocycles. The first-order valence-corrected chi connectivity index (χ1v) is 5.86. The zero-order chi connectivity index (χ0) is 13.6. The SMILES string of the molecule is CC(C)(CCCO)CNc1nccc(C(=O)O)n1. The highest BCUT2D eigenvalue weighted by Gasteiger charge is 2.17. The Morgan fingerprint density at radius 3 is 2.83 bits per heavy atom.